The van der Waals surface area contributed by atoms with Crippen molar-refractivity contribution < 1.29 is 14.7 Å². The van der Waals surface area contributed by atoms with Gasteiger partial charge in [0.2, 0.25) is 5.78 Å². The molecule has 0 aliphatic rings. The van der Waals surface area contributed by atoms with E-state index in [1.54, 1.807) is 23.0 Å². The van der Waals surface area contributed by atoms with Crippen molar-refractivity contribution in [2.24, 2.45) is 0 Å². The number of aromatic nitrogens is 3. The number of ketones is 1. The van der Waals surface area contributed by atoms with E-state index < -0.39 is 5.97 Å². The second-order valence-corrected chi connectivity index (χ2v) is 8.12. The minimum Gasteiger partial charge on any atom is -0.478 e. The van der Waals surface area contributed by atoms with Crippen LogP contribution in [0.25, 0.3) is 6.08 Å². The average Bonchev–Trinajstić information content (AvgIpc) is 3.43. The molecular formula is C26H22ClN3O3. The number of hydrogen-bond donors (Lipinski definition) is 1. The summed E-state index contributed by atoms with van der Waals surface area (Å²) in [7, 11) is 0. The highest BCUT2D eigenvalue weighted by Gasteiger charge is 2.13. The normalized spacial score (nSPS) is 11.2. The molecule has 0 saturated heterocycles. The quantitative estimate of drug-likeness (QED) is 0.361. The van der Waals surface area contributed by atoms with Crippen LogP contribution in [0, 0.1) is 6.92 Å². The van der Waals surface area contributed by atoms with Crippen LogP contribution < -0.4 is 0 Å². The number of nitrogens with zero attached hydrogens (tertiary/aromatic N) is 3. The maximum absolute atomic E-state index is 12.8. The lowest BCUT2D eigenvalue weighted by Crippen LogP contribution is -2.09. The number of benzene rings is 2. The lowest BCUT2D eigenvalue weighted by molar-refractivity contribution is 0.0695. The maximum Gasteiger partial charge on any atom is 0.336 e. The molecule has 166 valence electrons. The van der Waals surface area contributed by atoms with Crippen LogP contribution in [0.15, 0.2) is 79.1 Å². The molecule has 4 aromatic rings. The second kappa shape index (κ2) is 9.71. The number of halogens is 1. The summed E-state index contributed by atoms with van der Waals surface area (Å²) < 4.78 is 3.56. The molecule has 2 heterocycles. The summed E-state index contributed by atoms with van der Waals surface area (Å²) in [6, 6.07) is 17.8. The predicted molar refractivity (Wildman–Crippen MR) is 128 cm³/mol. The van der Waals surface area contributed by atoms with Crippen LogP contribution in [0.4, 0.5) is 0 Å². The van der Waals surface area contributed by atoms with Crippen molar-refractivity contribution in [3.63, 3.8) is 0 Å². The summed E-state index contributed by atoms with van der Waals surface area (Å²) in [5.41, 5.74) is 3.90. The fourth-order valence-corrected chi connectivity index (χ4v) is 3.74. The molecule has 0 saturated carbocycles. The Hall–Kier alpha value is -3.90. The first-order valence-corrected chi connectivity index (χ1v) is 10.8. The minimum atomic E-state index is -1.00. The fraction of sp³-hybridized carbons (Fsp3) is 0.115. The lowest BCUT2D eigenvalue weighted by Gasteiger charge is -2.07. The van der Waals surface area contributed by atoms with Gasteiger partial charge < -0.3 is 9.67 Å². The van der Waals surface area contributed by atoms with E-state index in [2.05, 4.69) is 5.10 Å². The van der Waals surface area contributed by atoms with Crippen molar-refractivity contribution in [3.8, 4) is 0 Å². The van der Waals surface area contributed by atoms with Gasteiger partial charge in [-0.15, -0.1) is 0 Å². The van der Waals surface area contributed by atoms with Gasteiger partial charge >= 0.3 is 5.97 Å². The Labute approximate surface area is 196 Å². The molecule has 7 heteroatoms. The number of aromatic carboxylic acids is 1. The topological polar surface area (TPSA) is 77.1 Å². The molecule has 0 unspecified atom stereocenters. The first kappa shape index (κ1) is 22.3. The fourth-order valence-electron chi connectivity index (χ4n) is 3.55. The molecule has 0 radical (unpaired) electrons. The van der Waals surface area contributed by atoms with Gasteiger partial charge in [0.05, 0.1) is 23.5 Å². The van der Waals surface area contributed by atoms with Crippen molar-refractivity contribution in [2.75, 3.05) is 0 Å². The first-order chi connectivity index (χ1) is 15.9. The Bertz CT molecular complexity index is 1330. The SMILES string of the molecule is Cc1ccc(C(=O)c2cccn2C/C=C/c2ccn(Cc3cc(Cl)ccc3C(=O)O)n2)cc1. The maximum atomic E-state index is 12.8. The van der Waals surface area contributed by atoms with Crippen LogP contribution in [0.2, 0.25) is 5.02 Å². The standard InChI is InChI=1S/C26H22ClN3O3/c1-18-6-8-19(9-7-18)25(31)24-5-3-14-29(24)13-2-4-22-12-15-30(28-22)17-20-16-21(27)10-11-23(20)26(32)33/h2-12,14-16H,13,17H2,1H3,(H,32,33)/b4-2+. The number of carbonyl (C=O) groups is 2. The summed E-state index contributed by atoms with van der Waals surface area (Å²) in [6.07, 6.45) is 7.46. The summed E-state index contributed by atoms with van der Waals surface area (Å²) in [5, 5.41) is 14.3. The van der Waals surface area contributed by atoms with Gasteiger partial charge in [-0.05, 0) is 55.0 Å². The van der Waals surface area contributed by atoms with E-state index in [0.29, 0.717) is 34.9 Å². The predicted octanol–water partition coefficient (Wildman–Crippen LogP) is 5.34. The number of allylic oxidation sites excluding steroid dienone is 1. The zero-order valence-corrected chi connectivity index (χ0v) is 18.7. The molecule has 0 spiro atoms. The van der Waals surface area contributed by atoms with E-state index >= 15 is 0 Å². The van der Waals surface area contributed by atoms with Gasteiger partial charge in [-0.2, -0.15) is 5.10 Å². The lowest BCUT2D eigenvalue weighted by atomic mass is 10.1. The number of carbonyl (C=O) groups excluding carboxylic acids is 1. The number of hydrogen-bond acceptors (Lipinski definition) is 3. The summed E-state index contributed by atoms with van der Waals surface area (Å²) >= 11 is 6.03. The molecule has 2 aromatic heterocycles. The number of carboxylic acid groups (broad SMARTS) is 1. The Balaban J connectivity index is 1.44. The van der Waals surface area contributed by atoms with E-state index in [-0.39, 0.29) is 11.3 Å². The van der Waals surface area contributed by atoms with Gasteiger partial charge in [0, 0.05) is 29.5 Å². The average molecular weight is 460 g/mol. The largest absolute Gasteiger partial charge is 0.478 e. The highest BCUT2D eigenvalue weighted by molar-refractivity contribution is 6.30. The number of rotatable bonds is 8. The van der Waals surface area contributed by atoms with E-state index in [9.17, 15) is 14.7 Å². The molecule has 0 bridgehead atoms. The van der Waals surface area contributed by atoms with E-state index in [4.69, 9.17) is 11.6 Å². The van der Waals surface area contributed by atoms with Crippen LogP contribution in [0.3, 0.4) is 0 Å². The Morgan fingerprint density at radius 3 is 2.61 bits per heavy atom. The molecule has 0 amide bonds. The van der Waals surface area contributed by atoms with Crippen molar-refractivity contribution in [1.29, 1.82) is 0 Å². The Morgan fingerprint density at radius 1 is 1.06 bits per heavy atom. The van der Waals surface area contributed by atoms with Gasteiger partial charge in [-0.1, -0.05) is 47.5 Å². The second-order valence-electron chi connectivity index (χ2n) is 7.69. The number of carboxylic acids is 1. The Kier molecular flexibility index (Phi) is 6.56. The summed E-state index contributed by atoms with van der Waals surface area (Å²) in [4.78, 5) is 24.3. The van der Waals surface area contributed by atoms with E-state index in [1.165, 1.54) is 6.07 Å². The van der Waals surface area contributed by atoms with E-state index in [0.717, 1.165) is 11.3 Å². The number of aryl methyl sites for hydroxylation is 1. The molecule has 4 rings (SSSR count). The van der Waals surface area contributed by atoms with Crippen LogP contribution in [0.1, 0.15) is 43.2 Å². The molecule has 2 aromatic carbocycles. The molecular weight excluding hydrogens is 438 g/mol. The van der Waals surface area contributed by atoms with Crippen LogP contribution in [-0.4, -0.2) is 31.2 Å². The monoisotopic (exact) mass is 459 g/mol. The van der Waals surface area contributed by atoms with Crippen LogP contribution >= 0.6 is 11.6 Å². The summed E-state index contributed by atoms with van der Waals surface area (Å²) in [6.45, 7) is 2.80. The van der Waals surface area contributed by atoms with Crippen LogP contribution in [-0.2, 0) is 13.1 Å². The third-order valence-electron chi connectivity index (χ3n) is 5.26. The molecule has 0 fully saturated rings. The van der Waals surface area contributed by atoms with Crippen molar-refractivity contribution in [2.45, 2.75) is 20.0 Å². The molecule has 1 N–H and O–H groups in total. The molecule has 0 aliphatic heterocycles. The third-order valence-corrected chi connectivity index (χ3v) is 5.49. The molecule has 0 aliphatic carbocycles. The van der Waals surface area contributed by atoms with Crippen LogP contribution in [0.5, 0.6) is 0 Å². The first-order valence-electron chi connectivity index (χ1n) is 10.4. The smallest absolute Gasteiger partial charge is 0.336 e. The van der Waals surface area contributed by atoms with Gasteiger partial charge in [0.25, 0.3) is 0 Å². The molecule has 33 heavy (non-hydrogen) atoms. The van der Waals surface area contributed by atoms with Crippen molar-refractivity contribution >= 4 is 29.4 Å². The zero-order chi connectivity index (χ0) is 23.4. The molecule has 6 nitrogen and oxygen atoms in total. The Morgan fingerprint density at radius 2 is 1.85 bits per heavy atom. The van der Waals surface area contributed by atoms with Crippen molar-refractivity contribution in [1.82, 2.24) is 14.3 Å². The van der Waals surface area contributed by atoms with E-state index in [1.807, 2.05) is 72.3 Å². The van der Waals surface area contributed by atoms with Gasteiger partial charge in [0.1, 0.15) is 0 Å². The highest BCUT2D eigenvalue weighted by Crippen LogP contribution is 2.18. The minimum absolute atomic E-state index is 0.0200. The van der Waals surface area contributed by atoms with Gasteiger partial charge in [-0.3, -0.25) is 9.48 Å². The van der Waals surface area contributed by atoms with Crippen molar-refractivity contribution in [3.05, 3.63) is 118 Å². The van der Waals surface area contributed by atoms with Gasteiger partial charge in [-0.25, -0.2) is 4.79 Å². The summed E-state index contributed by atoms with van der Waals surface area (Å²) in [5.74, 6) is -1.02. The zero-order valence-electron chi connectivity index (χ0n) is 18.0. The van der Waals surface area contributed by atoms with Gasteiger partial charge in [0.15, 0.2) is 0 Å². The molecule has 0 atom stereocenters. The highest BCUT2D eigenvalue weighted by atomic mass is 35.5. The third kappa shape index (κ3) is 5.30.